The number of nitrogens with one attached hydrogen (secondary N) is 1. The molecule has 0 atom stereocenters. The van der Waals surface area contributed by atoms with E-state index >= 15 is 0 Å². The van der Waals surface area contributed by atoms with Crippen LogP contribution < -0.4 is 9.46 Å². The van der Waals surface area contributed by atoms with Crippen LogP contribution in [0.25, 0.3) is 0 Å². The molecule has 0 aliphatic heterocycles. The minimum atomic E-state index is -5.10. The molecule has 2 aromatic rings. The van der Waals surface area contributed by atoms with E-state index < -0.39 is 50.2 Å². The van der Waals surface area contributed by atoms with Crippen molar-refractivity contribution in [1.29, 1.82) is 0 Å². The summed E-state index contributed by atoms with van der Waals surface area (Å²) >= 11 is 0. The largest absolute Gasteiger partial charge is 0.573 e. The minimum absolute atomic E-state index is 0.366. The van der Waals surface area contributed by atoms with Crippen LogP contribution in [-0.2, 0) is 10.0 Å². The average Bonchev–Trinajstić information content (AvgIpc) is 2.45. The molecule has 130 valence electrons. The van der Waals surface area contributed by atoms with Crippen LogP contribution in [0.5, 0.6) is 5.75 Å². The van der Waals surface area contributed by atoms with Crippen LogP contribution in [0.3, 0.4) is 0 Å². The molecule has 0 aliphatic carbocycles. The standard InChI is InChI=1S/C13H7F6NO3S/c14-7-5-6-10(12(16)11(7)15)24(21,22)20-8-3-1-2-4-9(8)23-13(17,18)19/h1-6,20H. The van der Waals surface area contributed by atoms with Gasteiger partial charge in [-0.1, -0.05) is 12.1 Å². The van der Waals surface area contributed by atoms with Crippen molar-refractivity contribution in [2.24, 2.45) is 0 Å². The first-order valence-electron chi connectivity index (χ1n) is 6.02. The molecule has 0 amide bonds. The summed E-state index contributed by atoms with van der Waals surface area (Å²) in [6.07, 6.45) is -5.10. The van der Waals surface area contributed by atoms with Crippen LogP contribution in [0.4, 0.5) is 32.0 Å². The van der Waals surface area contributed by atoms with Crippen molar-refractivity contribution < 1.29 is 39.5 Å². The zero-order valence-electron chi connectivity index (χ0n) is 11.4. The van der Waals surface area contributed by atoms with Crippen molar-refractivity contribution in [3.8, 4) is 5.75 Å². The number of para-hydroxylation sites is 2. The Kier molecular flexibility index (Phi) is 4.65. The molecule has 0 saturated heterocycles. The van der Waals surface area contributed by atoms with Gasteiger partial charge in [0.05, 0.1) is 5.69 Å². The molecule has 2 rings (SSSR count). The lowest BCUT2D eigenvalue weighted by Gasteiger charge is -2.15. The van der Waals surface area contributed by atoms with Crippen LogP contribution in [0.15, 0.2) is 41.3 Å². The number of rotatable bonds is 4. The summed E-state index contributed by atoms with van der Waals surface area (Å²) in [6, 6.07) is 4.84. The van der Waals surface area contributed by atoms with E-state index in [1.165, 1.54) is 6.07 Å². The number of ether oxygens (including phenoxy) is 1. The molecule has 24 heavy (non-hydrogen) atoms. The quantitative estimate of drug-likeness (QED) is 0.657. The molecule has 0 aromatic heterocycles. The van der Waals surface area contributed by atoms with Crippen molar-refractivity contribution in [2.75, 3.05) is 4.72 Å². The monoisotopic (exact) mass is 371 g/mol. The second kappa shape index (κ2) is 6.23. The molecule has 0 heterocycles. The molecule has 0 fully saturated rings. The molecule has 4 nitrogen and oxygen atoms in total. The summed E-state index contributed by atoms with van der Waals surface area (Å²) in [6.45, 7) is 0. The number of anilines is 1. The number of halogens is 6. The first-order chi connectivity index (χ1) is 11.0. The first-order valence-corrected chi connectivity index (χ1v) is 7.50. The van der Waals surface area contributed by atoms with E-state index in [0.29, 0.717) is 12.1 Å². The summed E-state index contributed by atoms with van der Waals surface area (Å²) in [4.78, 5) is -1.27. The minimum Gasteiger partial charge on any atom is -0.404 e. The summed E-state index contributed by atoms with van der Waals surface area (Å²) in [5.74, 6) is -6.56. The van der Waals surface area contributed by atoms with Gasteiger partial charge in [-0.2, -0.15) is 0 Å². The zero-order valence-corrected chi connectivity index (χ0v) is 12.2. The van der Waals surface area contributed by atoms with Crippen molar-refractivity contribution >= 4 is 15.7 Å². The highest BCUT2D eigenvalue weighted by Gasteiger charge is 2.33. The van der Waals surface area contributed by atoms with Gasteiger partial charge in [0, 0.05) is 0 Å². The summed E-state index contributed by atoms with van der Waals surface area (Å²) in [5, 5.41) is 0. The van der Waals surface area contributed by atoms with Gasteiger partial charge in [-0.25, -0.2) is 21.6 Å². The van der Waals surface area contributed by atoms with E-state index in [2.05, 4.69) is 4.74 Å². The van der Waals surface area contributed by atoms with Crippen LogP contribution in [-0.4, -0.2) is 14.8 Å². The van der Waals surface area contributed by atoms with Gasteiger partial charge in [0.2, 0.25) is 0 Å². The Bertz CT molecular complexity index is 866. The smallest absolute Gasteiger partial charge is 0.404 e. The Morgan fingerprint density at radius 3 is 2.17 bits per heavy atom. The molecule has 0 aliphatic rings. The third-order valence-corrected chi connectivity index (χ3v) is 4.03. The summed E-state index contributed by atoms with van der Waals surface area (Å²) in [5.41, 5.74) is -0.668. The summed E-state index contributed by atoms with van der Waals surface area (Å²) in [7, 11) is -4.84. The third kappa shape index (κ3) is 3.91. The normalized spacial score (nSPS) is 12.1. The van der Waals surface area contributed by atoms with Crippen molar-refractivity contribution in [2.45, 2.75) is 11.3 Å². The molecule has 0 bridgehead atoms. The van der Waals surface area contributed by atoms with Crippen LogP contribution in [0.1, 0.15) is 0 Å². The Balaban J connectivity index is 2.43. The molecular weight excluding hydrogens is 364 g/mol. The number of sulfonamides is 1. The van der Waals surface area contributed by atoms with Crippen LogP contribution >= 0.6 is 0 Å². The lowest BCUT2D eigenvalue weighted by atomic mass is 10.3. The van der Waals surface area contributed by atoms with Crippen molar-refractivity contribution in [3.05, 3.63) is 53.8 Å². The van der Waals surface area contributed by atoms with Gasteiger partial charge in [-0.05, 0) is 24.3 Å². The highest BCUT2D eigenvalue weighted by Crippen LogP contribution is 2.32. The Morgan fingerprint density at radius 2 is 1.54 bits per heavy atom. The van der Waals surface area contributed by atoms with Gasteiger partial charge < -0.3 is 4.74 Å². The maximum Gasteiger partial charge on any atom is 0.573 e. The van der Waals surface area contributed by atoms with Gasteiger partial charge in [0.1, 0.15) is 4.90 Å². The zero-order chi connectivity index (χ0) is 18.1. The molecule has 0 spiro atoms. The predicted molar refractivity (Wildman–Crippen MR) is 70.2 cm³/mol. The van der Waals surface area contributed by atoms with Crippen molar-refractivity contribution in [3.63, 3.8) is 0 Å². The lowest BCUT2D eigenvalue weighted by molar-refractivity contribution is -0.274. The topological polar surface area (TPSA) is 55.4 Å². The van der Waals surface area contributed by atoms with Crippen molar-refractivity contribution in [1.82, 2.24) is 0 Å². The maximum atomic E-state index is 13.6. The van der Waals surface area contributed by atoms with E-state index in [1.54, 1.807) is 4.72 Å². The van der Waals surface area contributed by atoms with E-state index in [-0.39, 0.29) is 0 Å². The number of benzene rings is 2. The average molecular weight is 371 g/mol. The highest BCUT2D eigenvalue weighted by atomic mass is 32.2. The fraction of sp³-hybridized carbons (Fsp3) is 0.0769. The third-order valence-electron chi connectivity index (χ3n) is 2.65. The Hall–Kier alpha value is -2.43. The lowest BCUT2D eigenvalue weighted by Crippen LogP contribution is -2.20. The van der Waals surface area contributed by atoms with Gasteiger partial charge in [-0.3, -0.25) is 4.72 Å². The summed E-state index contributed by atoms with van der Waals surface area (Å²) < 4.78 is 106. The van der Waals surface area contributed by atoms with Crippen LogP contribution in [0, 0.1) is 17.5 Å². The van der Waals surface area contributed by atoms with Gasteiger partial charge >= 0.3 is 6.36 Å². The fourth-order valence-corrected chi connectivity index (χ4v) is 2.82. The van der Waals surface area contributed by atoms with E-state index in [4.69, 9.17) is 0 Å². The van der Waals surface area contributed by atoms with E-state index in [1.807, 2.05) is 0 Å². The molecular formula is C13H7F6NO3S. The van der Waals surface area contributed by atoms with Gasteiger partial charge in [-0.15, -0.1) is 13.2 Å². The molecule has 1 N–H and O–H groups in total. The SMILES string of the molecule is O=S(=O)(Nc1ccccc1OC(F)(F)F)c1ccc(F)c(F)c1F. The molecule has 0 saturated carbocycles. The number of hydrogen-bond acceptors (Lipinski definition) is 3. The molecule has 11 heteroatoms. The van der Waals surface area contributed by atoms with Crippen LogP contribution in [0.2, 0.25) is 0 Å². The maximum absolute atomic E-state index is 13.6. The Morgan fingerprint density at radius 1 is 0.917 bits per heavy atom. The second-order valence-corrected chi connectivity index (χ2v) is 5.97. The molecule has 0 radical (unpaired) electrons. The fourth-order valence-electron chi connectivity index (χ4n) is 1.68. The molecule has 0 unspecified atom stereocenters. The van der Waals surface area contributed by atoms with E-state index in [0.717, 1.165) is 18.2 Å². The number of hydrogen-bond donors (Lipinski definition) is 1. The predicted octanol–water partition coefficient (Wildman–Crippen LogP) is 3.80. The van der Waals surface area contributed by atoms with Gasteiger partial charge in [0.15, 0.2) is 23.2 Å². The van der Waals surface area contributed by atoms with E-state index in [9.17, 15) is 34.8 Å². The molecule has 2 aromatic carbocycles. The highest BCUT2D eigenvalue weighted by molar-refractivity contribution is 7.92. The van der Waals surface area contributed by atoms with Gasteiger partial charge in [0.25, 0.3) is 10.0 Å². The number of alkyl halides is 3. The first kappa shape index (κ1) is 17.9. The Labute approximate surface area is 131 Å². The second-order valence-electron chi connectivity index (χ2n) is 4.32.